The van der Waals surface area contributed by atoms with Crippen LogP contribution in [0, 0.1) is 5.92 Å². The van der Waals surface area contributed by atoms with Gasteiger partial charge in [0.1, 0.15) is 0 Å². The molecule has 0 aromatic heterocycles. The molecule has 0 bridgehead atoms. The van der Waals surface area contributed by atoms with Crippen LogP contribution in [0.4, 0.5) is 0 Å². The minimum absolute atomic E-state index is 0.487. The van der Waals surface area contributed by atoms with Gasteiger partial charge < -0.3 is 0 Å². The van der Waals surface area contributed by atoms with Crippen molar-refractivity contribution in [3.05, 3.63) is 0 Å². The molecule has 0 spiro atoms. The largest absolute Gasteiger partial charge is 0.167 e. The van der Waals surface area contributed by atoms with Crippen LogP contribution in [0.15, 0.2) is 10.2 Å². The Kier molecular flexibility index (Phi) is 3.08. The molecule has 0 unspecified atom stereocenters. The molecule has 0 rings (SSSR count). The topological polar surface area (TPSA) is 24.7 Å². The van der Waals surface area contributed by atoms with Gasteiger partial charge in [-0.3, -0.25) is 0 Å². The molecule has 0 atom stereocenters. The molecule has 0 heterocycles. The summed E-state index contributed by atoms with van der Waals surface area (Å²) in [6, 6.07) is 0. The Balaban J connectivity index is 3.78. The van der Waals surface area contributed by atoms with E-state index in [9.17, 15) is 0 Å². The second-order valence-corrected chi connectivity index (χ2v) is 2.04. The highest BCUT2D eigenvalue weighted by molar-refractivity contribution is 5.83. The molecule has 46 valence electrons. The van der Waals surface area contributed by atoms with Gasteiger partial charge in [-0.1, -0.05) is 13.8 Å². The first-order valence-corrected chi connectivity index (χ1v) is 2.68. The highest BCUT2D eigenvalue weighted by atomic mass is 15.2. The molecule has 0 fully saturated rings. The van der Waals surface area contributed by atoms with E-state index in [0.717, 1.165) is 5.71 Å². The van der Waals surface area contributed by atoms with Crippen molar-refractivity contribution >= 4 is 12.4 Å². The van der Waals surface area contributed by atoms with Crippen molar-refractivity contribution in [2.45, 2.75) is 20.8 Å². The van der Waals surface area contributed by atoms with Crippen LogP contribution in [-0.2, 0) is 0 Å². The molecular formula is C6H12N2. The lowest BCUT2D eigenvalue weighted by molar-refractivity contribution is 0.870. The van der Waals surface area contributed by atoms with E-state index in [0.29, 0.717) is 5.92 Å². The summed E-state index contributed by atoms with van der Waals surface area (Å²) in [5, 5.41) is 7.15. The molecule has 0 aliphatic heterocycles. The van der Waals surface area contributed by atoms with Crippen LogP contribution in [0.25, 0.3) is 0 Å². The molecule has 0 aromatic carbocycles. The third kappa shape index (κ3) is 2.50. The van der Waals surface area contributed by atoms with Crippen molar-refractivity contribution in [1.29, 1.82) is 0 Å². The van der Waals surface area contributed by atoms with Crippen LogP contribution in [0.1, 0.15) is 20.8 Å². The Hall–Kier alpha value is -0.660. The zero-order valence-electron chi connectivity index (χ0n) is 5.68. The van der Waals surface area contributed by atoms with Crippen LogP contribution in [0.2, 0.25) is 0 Å². The van der Waals surface area contributed by atoms with Crippen molar-refractivity contribution in [2.75, 3.05) is 0 Å². The number of hydrogen-bond donors (Lipinski definition) is 0. The first-order valence-electron chi connectivity index (χ1n) is 2.68. The molecular weight excluding hydrogens is 100 g/mol. The lowest BCUT2D eigenvalue weighted by Gasteiger charge is -1.98. The van der Waals surface area contributed by atoms with Crippen LogP contribution in [0.3, 0.4) is 0 Å². The number of nitrogens with zero attached hydrogens (tertiary/aromatic N) is 2. The summed E-state index contributed by atoms with van der Waals surface area (Å²) in [5.74, 6) is 0.487. The van der Waals surface area contributed by atoms with E-state index in [2.05, 4.69) is 30.8 Å². The summed E-state index contributed by atoms with van der Waals surface area (Å²) in [6.45, 7) is 9.34. The lowest BCUT2D eigenvalue weighted by atomic mass is 10.1. The van der Waals surface area contributed by atoms with Crippen LogP contribution < -0.4 is 0 Å². The van der Waals surface area contributed by atoms with Crippen molar-refractivity contribution in [1.82, 2.24) is 0 Å². The molecule has 0 amide bonds. The third-order valence-corrected chi connectivity index (χ3v) is 1.06. The standard InChI is InChI=1S/C6H12N2/c1-5(2)6(3)8-7-4/h5H,4H2,1-3H3. The van der Waals surface area contributed by atoms with Crippen LogP contribution in [-0.4, -0.2) is 12.4 Å². The van der Waals surface area contributed by atoms with Crippen molar-refractivity contribution < 1.29 is 0 Å². The van der Waals surface area contributed by atoms with Gasteiger partial charge in [-0.15, -0.1) is 0 Å². The third-order valence-electron chi connectivity index (χ3n) is 1.06. The summed E-state index contributed by atoms with van der Waals surface area (Å²) in [4.78, 5) is 0. The highest BCUT2D eigenvalue weighted by Gasteiger charge is 1.94. The van der Waals surface area contributed by atoms with Gasteiger partial charge in [-0.2, -0.15) is 10.2 Å². The molecule has 0 aliphatic carbocycles. The fourth-order valence-electron chi connectivity index (χ4n) is 0.227. The van der Waals surface area contributed by atoms with Crippen LogP contribution in [0.5, 0.6) is 0 Å². The van der Waals surface area contributed by atoms with E-state index in [1.807, 2.05) is 6.92 Å². The number of hydrogen-bond acceptors (Lipinski definition) is 2. The zero-order valence-corrected chi connectivity index (χ0v) is 5.68. The van der Waals surface area contributed by atoms with Gasteiger partial charge in [0.05, 0.1) is 0 Å². The molecule has 0 saturated heterocycles. The molecule has 0 aromatic rings. The van der Waals surface area contributed by atoms with Gasteiger partial charge in [0.25, 0.3) is 0 Å². The van der Waals surface area contributed by atoms with Gasteiger partial charge in [-0.05, 0) is 12.8 Å². The Morgan fingerprint density at radius 3 is 2.12 bits per heavy atom. The maximum atomic E-state index is 3.75. The number of rotatable bonds is 2. The summed E-state index contributed by atoms with van der Waals surface area (Å²) in [6.07, 6.45) is 0. The maximum absolute atomic E-state index is 3.75. The summed E-state index contributed by atoms with van der Waals surface area (Å²) in [5.41, 5.74) is 1.03. The predicted molar refractivity (Wildman–Crippen MR) is 37.5 cm³/mol. The van der Waals surface area contributed by atoms with Crippen LogP contribution >= 0.6 is 0 Å². The van der Waals surface area contributed by atoms with Crippen molar-refractivity contribution in [2.24, 2.45) is 16.1 Å². The van der Waals surface area contributed by atoms with E-state index in [4.69, 9.17) is 0 Å². The van der Waals surface area contributed by atoms with E-state index in [-0.39, 0.29) is 0 Å². The molecule has 0 N–H and O–H groups in total. The van der Waals surface area contributed by atoms with Gasteiger partial charge in [0, 0.05) is 12.4 Å². The Morgan fingerprint density at radius 1 is 1.50 bits per heavy atom. The van der Waals surface area contributed by atoms with Gasteiger partial charge in [0.15, 0.2) is 0 Å². The van der Waals surface area contributed by atoms with Gasteiger partial charge in [-0.25, -0.2) is 0 Å². The Morgan fingerprint density at radius 2 is 2.00 bits per heavy atom. The Labute approximate surface area is 50.3 Å². The minimum Gasteiger partial charge on any atom is -0.167 e. The normalized spacial score (nSPS) is 12.2. The Bertz CT molecular complexity index is 103. The molecule has 2 nitrogen and oxygen atoms in total. The predicted octanol–water partition coefficient (Wildman–Crippen LogP) is 1.72. The first kappa shape index (κ1) is 7.34. The molecule has 0 aliphatic rings. The van der Waals surface area contributed by atoms with E-state index < -0.39 is 0 Å². The lowest BCUT2D eigenvalue weighted by Crippen LogP contribution is -1.99. The maximum Gasteiger partial charge on any atom is 0.0400 e. The molecule has 0 saturated carbocycles. The second-order valence-electron chi connectivity index (χ2n) is 2.04. The second kappa shape index (κ2) is 3.36. The minimum atomic E-state index is 0.487. The smallest absolute Gasteiger partial charge is 0.0400 e. The quantitative estimate of drug-likeness (QED) is 0.384. The summed E-state index contributed by atoms with van der Waals surface area (Å²) in [7, 11) is 0. The molecule has 0 radical (unpaired) electrons. The van der Waals surface area contributed by atoms with Crippen molar-refractivity contribution in [3.63, 3.8) is 0 Å². The zero-order chi connectivity index (χ0) is 6.57. The fraction of sp³-hybridized carbons (Fsp3) is 0.667. The molecule has 2 heteroatoms. The van der Waals surface area contributed by atoms with E-state index >= 15 is 0 Å². The monoisotopic (exact) mass is 112 g/mol. The average Bonchev–Trinajstić information content (AvgIpc) is 1.67. The average molecular weight is 112 g/mol. The van der Waals surface area contributed by atoms with Crippen molar-refractivity contribution in [3.8, 4) is 0 Å². The molecule has 8 heavy (non-hydrogen) atoms. The fourth-order valence-corrected chi connectivity index (χ4v) is 0.227. The first-order chi connectivity index (χ1) is 3.68. The van der Waals surface area contributed by atoms with E-state index in [1.165, 1.54) is 0 Å². The SMILES string of the molecule is C=NN=C(C)C(C)C. The highest BCUT2D eigenvalue weighted by Crippen LogP contribution is 1.94. The van der Waals surface area contributed by atoms with Gasteiger partial charge >= 0.3 is 0 Å². The van der Waals surface area contributed by atoms with Gasteiger partial charge in [0.2, 0.25) is 0 Å². The summed E-state index contributed by atoms with van der Waals surface area (Å²) < 4.78 is 0. The summed E-state index contributed by atoms with van der Waals surface area (Å²) >= 11 is 0. The van der Waals surface area contributed by atoms with E-state index in [1.54, 1.807) is 0 Å².